The van der Waals surface area contributed by atoms with Crippen molar-refractivity contribution in [1.82, 2.24) is 9.78 Å². The minimum atomic E-state index is -0.857. The third-order valence-corrected chi connectivity index (χ3v) is 2.59. The Kier molecular flexibility index (Phi) is 2.52. The SMILES string of the molecule is Cn1[nH]c(=O)c2c(CCC(=O)O)cccc21. The fraction of sp³-hybridized carbons (Fsp3) is 0.273. The summed E-state index contributed by atoms with van der Waals surface area (Å²) in [4.78, 5) is 22.1. The molecule has 0 radical (unpaired) electrons. The lowest BCUT2D eigenvalue weighted by atomic mass is 10.1. The zero-order chi connectivity index (χ0) is 11.7. The van der Waals surface area contributed by atoms with Crippen LogP contribution in [0.1, 0.15) is 12.0 Å². The Bertz CT molecular complexity index is 595. The number of aliphatic carboxylic acids is 1. The summed E-state index contributed by atoms with van der Waals surface area (Å²) in [5, 5.41) is 11.9. The van der Waals surface area contributed by atoms with Crippen molar-refractivity contribution >= 4 is 16.9 Å². The maximum absolute atomic E-state index is 11.6. The summed E-state index contributed by atoms with van der Waals surface area (Å²) in [7, 11) is 1.75. The predicted octanol–water partition coefficient (Wildman–Crippen LogP) is 0.884. The van der Waals surface area contributed by atoms with E-state index in [0.717, 1.165) is 11.1 Å². The fourth-order valence-corrected chi connectivity index (χ4v) is 1.85. The van der Waals surface area contributed by atoms with Gasteiger partial charge in [-0.15, -0.1) is 0 Å². The van der Waals surface area contributed by atoms with Crippen molar-refractivity contribution in [3.8, 4) is 0 Å². The van der Waals surface area contributed by atoms with Crippen LogP contribution >= 0.6 is 0 Å². The summed E-state index contributed by atoms with van der Waals surface area (Å²) in [6.07, 6.45) is 0.410. The van der Waals surface area contributed by atoms with Gasteiger partial charge in [-0.1, -0.05) is 12.1 Å². The average Bonchev–Trinajstić information content (AvgIpc) is 2.52. The van der Waals surface area contributed by atoms with E-state index in [1.807, 2.05) is 12.1 Å². The van der Waals surface area contributed by atoms with Crippen molar-refractivity contribution in [3.63, 3.8) is 0 Å². The summed E-state index contributed by atoms with van der Waals surface area (Å²) in [5.74, 6) is -0.857. The molecule has 0 spiro atoms. The number of benzene rings is 1. The lowest BCUT2D eigenvalue weighted by molar-refractivity contribution is -0.136. The van der Waals surface area contributed by atoms with E-state index in [1.54, 1.807) is 17.8 Å². The van der Waals surface area contributed by atoms with Crippen molar-refractivity contribution in [1.29, 1.82) is 0 Å². The molecule has 5 nitrogen and oxygen atoms in total. The summed E-state index contributed by atoms with van der Waals surface area (Å²) in [5.41, 5.74) is 1.41. The predicted molar refractivity (Wildman–Crippen MR) is 59.5 cm³/mol. The maximum Gasteiger partial charge on any atom is 0.303 e. The highest BCUT2D eigenvalue weighted by Crippen LogP contribution is 2.15. The molecule has 0 saturated carbocycles. The first kappa shape index (κ1) is 10.5. The van der Waals surface area contributed by atoms with Crippen molar-refractivity contribution < 1.29 is 9.90 Å². The molecular formula is C11H12N2O3. The minimum Gasteiger partial charge on any atom is -0.481 e. The van der Waals surface area contributed by atoms with Gasteiger partial charge in [-0.05, 0) is 18.1 Å². The third-order valence-electron chi connectivity index (χ3n) is 2.59. The van der Waals surface area contributed by atoms with Crippen LogP contribution in [0.15, 0.2) is 23.0 Å². The molecule has 0 fully saturated rings. The molecule has 0 unspecified atom stereocenters. The number of fused-ring (bicyclic) bond motifs is 1. The van der Waals surface area contributed by atoms with Crippen molar-refractivity contribution in [2.24, 2.45) is 7.05 Å². The van der Waals surface area contributed by atoms with Gasteiger partial charge in [0.25, 0.3) is 5.56 Å². The number of nitrogens with one attached hydrogen (secondary N) is 1. The van der Waals surface area contributed by atoms with Crippen LogP contribution in [-0.2, 0) is 18.3 Å². The molecule has 0 amide bonds. The molecule has 0 aliphatic heterocycles. The topological polar surface area (TPSA) is 75.1 Å². The van der Waals surface area contributed by atoms with Gasteiger partial charge < -0.3 is 5.11 Å². The first-order chi connectivity index (χ1) is 7.59. The molecule has 2 N–H and O–H groups in total. The number of carboxylic acid groups (broad SMARTS) is 1. The van der Waals surface area contributed by atoms with E-state index in [-0.39, 0.29) is 12.0 Å². The molecule has 0 aliphatic rings. The first-order valence-electron chi connectivity index (χ1n) is 4.98. The number of carbonyl (C=O) groups is 1. The summed E-state index contributed by atoms with van der Waals surface area (Å²) < 4.78 is 1.64. The van der Waals surface area contributed by atoms with E-state index in [2.05, 4.69) is 5.10 Å². The highest BCUT2D eigenvalue weighted by molar-refractivity contribution is 5.82. The molecule has 2 aromatic rings. The number of aryl methyl sites for hydroxylation is 2. The van der Waals surface area contributed by atoms with Gasteiger partial charge in [0, 0.05) is 13.5 Å². The van der Waals surface area contributed by atoms with E-state index in [1.165, 1.54) is 0 Å². The molecular weight excluding hydrogens is 208 g/mol. The van der Waals surface area contributed by atoms with E-state index in [9.17, 15) is 9.59 Å². The lowest BCUT2D eigenvalue weighted by Gasteiger charge is -2.00. The van der Waals surface area contributed by atoms with Crippen molar-refractivity contribution in [2.45, 2.75) is 12.8 Å². The van der Waals surface area contributed by atoms with Gasteiger partial charge in [-0.2, -0.15) is 0 Å². The number of hydrogen-bond acceptors (Lipinski definition) is 2. The zero-order valence-electron chi connectivity index (χ0n) is 8.86. The van der Waals surface area contributed by atoms with Crippen molar-refractivity contribution in [3.05, 3.63) is 34.1 Å². The van der Waals surface area contributed by atoms with Crippen LogP contribution in [0.5, 0.6) is 0 Å². The fourth-order valence-electron chi connectivity index (χ4n) is 1.85. The summed E-state index contributed by atoms with van der Waals surface area (Å²) in [6, 6.07) is 5.45. The third kappa shape index (κ3) is 1.71. The second-order valence-corrected chi connectivity index (χ2v) is 3.70. The molecule has 1 heterocycles. The van der Waals surface area contributed by atoms with E-state index in [0.29, 0.717) is 11.8 Å². The van der Waals surface area contributed by atoms with Gasteiger partial charge in [-0.3, -0.25) is 19.4 Å². The molecule has 0 atom stereocenters. The van der Waals surface area contributed by atoms with E-state index < -0.39 is 5.97 Å². The maximum atomic E-state index is 11.6. The molecule has 0 aliphatic carbocycles. The Balaban J connectivity index is 2.53. The number of carboxylic acids is 1. The quantitative estimate of drug-likeness (QED) is 0.806. The zero-order valence-corrected chi connectivity index (χ0v) is 8.86. The van der Waals surface area contributed by atoms with Gasteiger partial charge >= 0.3 is 5.97 Å². The smallest absolute Gasteiger partial charge is 0.303 e. The van der Waals surface area contributed by atoms with Crippen LogP contribution in [0.3, 0.4) is 0 Å². The largest absolute Gasteiger partial charge is 0.481 e. The number of hydrogen-bond donors (Lipinski definition) is 2. The lowest BCUT2D eigenvalue weighted by Crippen LogP contribution is -2.04. The van der Waals surface area contributed by atoms with E-state index >= 15 is 0 Å². The summed E-state index contributed by atoms with van der Waals surface area (Å²) in [6.45, 7) is 0. The highest BCUT2D eigenvalue weighted by atomic mass is 16.4. The van der Waals surface area contributed by atoms with Crippen LogP contribution in [0.2, 0.25) is 0 Å². The molecule has 84 valence electrons. The summed E-state index contributed by atoms with van der Waals surface area (Å²) >= 11 is 0. The Hall–Kier alpha value is -2.04. The number of rotatable bonds is 3. The van der Waals surface area contributed by atoms with Gasteiger partial charge in [0.2, 0.25) is 0 Å². The van der Waals surface area contributed by atoms with Crippen molar-refractivity contribution in [2.75, 3.05) is 0 Å². The average molecular weight is 220 g/mol. The van der Waals surface area contributed by atoms with Gasteiger partial charge in [-0.25, -0.2) is 0 Å². The normalized spacial score (nSPS) is 10.8. The van der Waals surface area contributed by atoms with Crippen LogP contribution in [-0.4, -0.2) is 20.9 Å². The second kappa shape index (κ2) is 3.84. The number of aromatic amines is 1. The number of aromatic nitrogens is 2. The first-order valence-corrected chi connectivity index (χ1v) is 4.98. The minimum absolute atomic E-state index is 0.0352. The molecule has 16 heavy (non-hydrogen) atoms. The molecule has 2 rings (SSSR count). The van der Waals surface area contributed by atoms with Crippen LogP contribution in [0, 0.1) is 0 Å². The monoisotopic (exact) mass is 220 g/mol. The molecule has 1 aromatic carbocycles. The van der Waals surface area contributed by atoms with Gasteiger partial charge in [0.1, 0.15) is 0 Å². The highest BCUT2D eigenvalue weighted by Gasteiger charge is 2.09. The van der Waals surface area contributed by atoms with Crippen LogP contribution in [0.4, 0.5) is 0 Å². The Morgan fingerprint density at radius 1 is 1.50 bits per heavy atom. The second-order valence-electron chi connectivity index (χ2n) is 3.70. The molecule has 0 bridgehead atoms. The number of H-pyrrole nitrogens is 1. The van der Waals surface area contributed by atoms with Gasteiger partial charge in [0.05, 0.1) is 10.9 Å². The molecule has 5 heteroatoms. The Morgan fingerprint density at radius 2 is 2.25 bits per heavy atom. The van der Waals surface area contributed by atoms with Crippen LogP contribution < -0.4 is 5.56 Å². The standard InChI is InChI=1S/C11H12N2O3/c1-13-8-4-2-3-7(5-6-9(14)15)10(8)11(16)12-13/h2-4H,5-6H2,1H3,(H,12,16)(H,14,15). The van der Waals surface area contributed by atoms with Crippen LogP contribution in [0.25, 0.3) is 10.9 Å². The van der Waals surface area contributed by atoms with Gasteiger partial charge in [0.15, 0.2) is 0 Å². The Labute approximate surface area is 91.3 Å². The Morgan fingerprint density at radius 3 is 2.94 bits per heavy atom. The van der Waals surface area contributed by atoms with E-state index in [4.69, 9.17) is 5.11 Å². The molecule has 0 saturated heterocycles. The number of nitrogens with zero attached hydrogens (tertiary/aromatic N) is 1. The molecule has 1 aromatic heterocycles.